The maximum Gasteiger partial charge on any atom is 0.206 e. The summed E-state index contributed by atoms with van der Waals surface area (Å²) in [6.07, 6.45) is 0. The minimum atomic E-state index is -3.58. The molecule has 9 heteroatoms. The minimum Gasteiger partial charge on any atom is -0.261 e. The molecule has 6 nitrogen and oxygen atoms in total. The van der Waals surface area contributed by atoms with E-state index in [4.69, 9.17) is 11.7 Å². The number of sulfone groups is 1. The van der Waals surface area contributed by atoms with Gasteiger partial charge < -0.3 is 0 Å². The summed E-state index contributed by atoms with van der Waals surface area (Å²) >= 11 is 2.29. The van der Waals surface area contributed by atoms with Crippen LogP contribution in [0.5, 0.6) is 0 Å². The first kappa shape index (κ1) is 16.3. The van der Waals surface area contributed by atoms with E-state index in [1.807, 2.05) is 0 Å². The Kier molecular flexibility index (Phi) is 5.65. The topological polar surface area (TPSA) is 110 Å². The monoisotopic (exact) mass is 342 g/mol. The fourth-order valence-corrected chi connectivity index (χ4v) is 4.12. The molecular formula is C12H14N4O2S3. The second-order valence-corrected chi connectivity index (χ2v) is 7.67. The molecular weight excluding hydrogens is 328 g/mol. The van der Waals surface area contributed by atoms with Crippen molar-refractivity contribution in [1.82, 2.24) is 9.66 Å². The Balaban J connectivity index is 2.41. The van der Waals surface area contributed by atoms with Crippen LogP contribution in [0, 0.1) is 0 Å². The Morgan fingerprint density at radius 3 is 1.62 bits per heavy atom. The predicted molar refractivity (Wildman–Crippen MR) is 84.7 cm³/mol. The summed E-state index contributed by atoms with van der Waals surface area (Å²) in [5.41, 5.74) is 0. The molecule has 21 heavy (non-hydrogen) atoms. The highest BCUT2D eigenvalue weighted by Gasteiger charge is 2.18. The molecule has 0 heterocycles. The molecule has 6 N–H and O–H groups in total. The quantitative estimate of drug-likeness (QED) is 0.355. The molecule has 0 spiro atoms. The number of benzene rings is 2. The molecule has 0 bridgehead atoms. The SMILES string of the molecule is NNSc1cccc(S(=O)(=O)c2cccc(SNN)c2)c1. The van der Waals surface area contributed by atoms with E-state index in [1.54, 1.807) is 48.5 Å². The molecule has 112 valence electrons. The van der Waals surface area contributed by atoms with E-state index >= 15 is 0 Å². The van der Waals surface area contributed by atoms with Crippen LogP contribution in [0.2, 0.25) is 0 Å². The average molecular weight is 342 g/mol. The lowest BCUT2D eigenvalue weighted by Crippen LogP contribution is -2.11. The normalized spacial score (nSPS) is 11.5. The number of nitrogens with two attached hydrogens (primary N) is 2. The van der Waals surface area contributed by atoms with Crippen LogP contribution < -0.4 is 21.3 Å². The molecule has 0 aliphatic carbocycles. The third-order valence-electron chi connectivity index (χ3n) is 2.59. The van der Waals surface area contributed by atoms with Crippen LogP contribution in [0.3, 0.4) is 0 Å². The van der Waals surface area contributed by atoms with E-state index in [-0.39, 0.29) is 9.79 Å². The molecule has 0 radical (unpaired) electrons. The molecule has 0 fully saturated rings. The van der Waals surface area contributed by atoms with E-state index in [0.717, 1.165) is 23.9 Å². The van der Waals surface area contributed by atoms with Crippen molar-refractivity contribution in [3.63, 3.8) is 0 Å². The van der Waals surface area contributed by atoms with Gasteiger partial charge in [-0.2, -0.15) is 9.66 Å². The summed E-state index contributed by atoms with van der Waals surface area (Å²) in [5, 5.41) is 0. The third kappa shape index (κ3) is 3.98. The van der Waals surface area contributed by atoms with Crippen LogP contribution in [0.25, 0.3) is 0 Å². The largest absolute Gasteiger partial charge is 0.261 e. The number of rotatable bonds is 6. The molecule has 0 aliphatic rings. The average Bonchev–Trinajstić information content (AvgIpc) is 2.48. The number of nitrogens with one attached hydrogen (secondary N) is 2. The maximum atomic E-state index is 12.6. The second kappa shape index (κ2) is 7.27. The summed E-state index contributed by atoms with van der Waals surface area (Å²) in [5.74, 6) is 10.5. The van der Waals surface area contributed by atoms with Crippen LogP contribution in [-0.2, 0) is 9.84 Å². The maximum absolute atomic E-state index is 12.6. The van der Waals surface area contributed by atoms with E-state index in [2.05, 4.69) is 9.66 Å². The fraction of sp³-hybridized carbons (Fsp3) is 0. The van der Waals surface area contributed by atoms with E-state index < -0.39 is 9.84 Å². The van der Waals surface area contributed by atoms with Crippen molar-refractivity contribution in [3.05, 3.63) is 48.5 Å². The Labute approximate surface area is 131 Å². The minimum absolute atomic E-state index is 0.214. The molecule has 0 aliphatic heterocycles. The van der Waals surface area contributed by atoms with Crippen LogP contribution >= 0.6 is 23.9 Å². The Bertz CT molecular complexity index is 666. The van der Waals surface area contributed by atoms with Gasteiger partial charge in [0.15, 0.2) is 0 Å². The first-order valence-corrected chi connectivity index (χ1v) is 8.89. The van der Waals surface area contributed by atoms with Gasteiger partial charge in [0.05, 0.1) is 9.79 Å². The summed E-state index contributed by atoms with van der Waals surface area (Å²) in [6, 6.07) is 13.1. The van der Waals surface area contributed by atoms with Crippen molar-refractivity contribution in [2.45, 2.75) is 19.6 Å². The van der Waals surface area contributed by atoms with Crippen LogP contribution in [-0.4, -0.2) is 8.42 Å². The highest BCUT2D eigenvalue weighted by molar-refractivity contribution is 7.97. The predicted octanol–water partition coefficient (Wildman–Crippen LogP) is 1.46. The van der Waals surface area contributed by atoms with Gasteiger partial charge >= 0.3 is 0 Å². The highest BCUT2D eigenvalue weighted by atomic mass is 32.2. The first-order valence-electron chi connectivity index (χ1n) is 5.78. The molecule has 0 atom stereocenters. The molecule has 2 aromatic rings. The Morgan fingerprint density at radius 1 is 0.810 bits per heavy atom. The molecule has 0 saturated carbocycles. The van der Waals surface area contributed by atoms with Crippen molar-refractivity contribution in [2.24, 2.45) is 11.7 Å². The van der Waals surface area contributed by atoms with Gasteiger partial charge in [0.25, 0.3) is 0 Å². The second-order valence-electron chi connectivity index (χ2n) is 3.89. The van der Waals surface area contributed by atoms with E-state index in [9.17, 15) is 8.42 Å². The lowest BCUT2D eigenvalue weighted by atomic mass is 10.4. The Morgan fingerprint density at radius 2 is 1.24 bits per heavy atom. The summed E-state index contributed by atoms with van der Waals surface area (Å²) in [7, 11) is -3.58. The van der Waals surface area contributed by atoms with Crippen molar-refractivity contribution < 1.29 is 8.42 Å². The zero-order valence-electron chi connectivity index (χ0n) is 10.8. The zero-order valence-corrected chi connectivity index (χ0v) is 13.3. The third-order valence-corrected chi connectivity index (χ3v) is 5.55. The molecule has 2 aromatic carbocycles. The molecule has 0 unspecified atom stereocenters. The Hall–Kier alpha value is -1.07. The van der Waals surface area contributed by atoms with Crippen molar-refractivity contribution in [1.29, 1.82) is 0 Å². The summed E-state index contributed by atoms with van der Waals surface area (Å²) in [4.78, 5) is 6.71. The number of hydrogen-bond donors (Lipinski definition) is 4. The van der Waals surface area contributed by atoms with Gasteiger partial charge in [-0.25, -0.2) is 8.42 Å². The summed E-state index contributed by atoms with van der Waals surface area (Å²) in [6.45, 7) is 0. The van der Waals surface area contributed by atoms with Gasteiger partial charge in [0.1, 0.15) is 0 Å². The van der Waals surface area contributed by atoms with Crippen molar-refractivity contribution in [2.75, 3.05) is 0 Å². The standard InChI is InChI=1S/C12H14N4O2S3/c13-15-19-9-3-1-5-11(7-9)21(17,18)12-6-2-4-10(8-12)20-16-14/h1-8,15-16H,13-14H2. The van der Waals surface area contributed by atoms with Crippen molar-refractivity contribution in [3.8, 4) is 0 Å². The first-order chi connectivity index (χ1) is 10.1. The van der Waals surface area contributed by atoms with Crippen LogP contribution in [0.15, 0.2) is 68.1 Å². The van der Waals surface area contributed by atoms with Gasteiger partial charge in [0, 0.05) is 9.79 Å². The van der Waals surface area contributed by atoms with Crippen LogP contribution in [0.4, 0.5) is 0 Å². The lowest BCUT2D eigenvalue weighted by molar-refractivity contribution is 0.595. The van der Waals surface area contributed by atoms with Gasteiger partial charge in [-0.3, -0.25) is 11.7 Å². The van der Waals surface area contributed by atoms with Crippen LogP contribution in [0.1, 0.15) is 0 Å². The van der Waals surface area contributed by atoms with E-state index in [0.29, 0.717) is 9.79 Å². The zero-order chi connectivity index (χ0) is 15.3. The van der Waals surface area contributed by atoms with Crippen molar-refractivity contribution >= 4 is 33.7 Å². The van der Waals surface area contributed by atoms with Gasteiger partial charge in [-0.1, -0.05) is 12.1 Å². The molecule has 2 rings (SSSR count). The molecule has 0 amide bonds. The van der Waals surface area contributed by atoms with Gasteiger partial charge in [-0.05, 0) is 60.3 Å². The van der Waals surface area contributed by atoms with E-state index in [1.165, 1.54) is 0 Å². The molecule has 0 aromatic heterocycles. The lowest BCUT2D eigenvalue weighted by Gasteiger charge is -2.08. The summed E-state index contributed by atoms with van der Waals surface area (Å²) < 4.78 is 25.2. The van der Waals surface area contributed by atoms with Gasteiger partial charge in [-0.15, -0.1) is 0 Å². The number of hydrogen-bond acceptors (Lipinski definition) is 8. The smallest absolute Gasteiger partial charge is 0.206 e. The molecule has 0 saturated heterocycles. The van der Waals surface area contributed by atoms with Gasteiger partial charge in [0.2, 0.25) is 9.84 Å². The highest BCUT2D eigenvalue weighted by Crippen LogP contribution is 2.26. The fourth-order valence-electron chi connectivity index (χ4n) is 1.68. The number of hydrazine groups is 2.